The molecular weight excluding hydrogens is 586 g/mol. The summed E-state index contributed by atoms with van der Waals surface area (Å²) in [7, 11) is 0. The Kier molecular flexibility index (Phi) is 12.1. The fraction of sp³-hybridized carbons (Fsp3) is 0.417. The van der Waals surface area contributed by atoms with Gasteiger partial charge >= 0.3 is 0 Å². The number of fused-ring (bicyclic) bond motifs is 2. The number of pyridine rings is 1. The molecule has 2 aliphatic rings. The lowest BCUT2D eigenvalue weighted by molar-refractivity contribution is -0.122. The van der Waals surface area contributed by atoms with Crippen molar-refractivity contribution in [3.8, 4) is 11.8 Å². The SMILES string of the molecule is CC#N.CCNC(=O)CN(Cc1ccc(Cl)cc1)C1CCN(CCC=C2c3cc(C(C)(C)O)ccc3OCc3ncccc32)C1. The van der Waals surface area contributed by atoms with Gasteiger partial charge in [-0.3, -0.25) is 14.7 Å². The van der Waals surface area contributed by atoms with Crippen molar-refractivity contribution in [2.24, 2.45) is 0 Å². The number of halogens is 1. The lowest BCUT2D eigenvalue weighted by Crippen LogP contribution is -2.43. The van der Waals surface area contributed by atoms with Crippen LogP contribution in [0, 0.1) is 11.3 Å². The number of aliphatic hydroxyl groups is 1. The van der Waals surface area contributed by atoms with E-state index in [9.17, 15) is 9.90 Å². The van der Waals surface area contributed by atoms with Crippen LogP contribution < -0.4 is 10.1 Å². The van der Waals surface area contributed by atoms with Gasteiger partial charge in [0.05, 0.1) is 23.9 Å². The maximum Gasteiger partial charge on any atom is 0.234 e. The summed E-state index contributed by atoms with van der Waals surface area (Å²) in [5, 5.41) is 21.7. The molecule has 2 N–H and O–H groups in total. The van der Waals surface area contributed by atoms with Crippen LogP contribution in [-0.2, 0) is 23.5 Å². The normalized spacial score (nSPS) is 16.9. The Labute approximate surface area is 272 Å². The highest BCUT2D eigenvalue weighted by atomic mass is 35.5. The Morgan fingerprint density at radius 3 is 2.71 bits per heavy atom. The first-order valence-corrected chi connectivity index (χ1v) is 15.9. The van der Waals surface area contributed by atoms with Crippen molar-refractivity contribution in [1.29, 1.82) is 5.26 Å². The van der Waals surface area contributed by atoms with Crippen LogP contribution in [0.1, 0.15) is 68.5 Å². The van der Waals surface area contributed by atoms with E-state index in [0.717, 1.165) is 71.7 Å². The van der Waals surface area contributed by atoms with Crippen LogP contribution in [0.2, 0.25) is 5.02 Å². The molecule has 1 fully saturated rings. The van der Waals surface area contributed by atoms with Gasteiger partial charge in [-0.05, 0) is 87.2 Å². The molecular formula is C36H44ClN5O3. The Balaban J connectivity index is 0.00000148. The number of likely N-dealkylation sites (N-methyl/N-ethyl adjacent to an activating group) is 1. The maximum absolute atomic E-state index is 12.6. The standard InChI is InChI=1S/C34H41ClN4O3.C2H3N/c1-4-36-33(40)22-39(20-24-9-12-26(35)13-10-24)27-15-18-38(21-27)17-6-8-28-29-7-5-16-37-31(29)23-42-32-14-11-25(19-30(28)32)34(2,3)41;1-2-3/h5,7-14,16,19,27,41H,4,6,15,17-18,20-23H2,1-3H3,(H,36,40);1H3. The number of benzene rings is 2. The van der Waals surface area contributed by atoms with Gasteiger partial charge in [-0.15, -0.1) is 0 Å². The van der Waals surface area contributed by atoms with Gasteiger partial charge in [-0.2, -0.15) is 5.26 Å². The molecule has 8 nitrogen and oxygen atoms in total. The van der Waals surface area contributed by atoms with Gasteiger partial charge in [-0.25, -0.2) is 0 Å². The van der Waals surface area contributed by atoms with E-state index < -0.39 is 5.60 Å². The minimum atomic E-state index is -0.958. The highest BCUT2D eigenvalue weighted by Gasteiger charge is 2.29. The van der Waals surface area contributed by atoms with E-state index in [0.29, 0.717) is 37.3 Å². The zero-order valence-corrected chi connectivity index (χ0v) is 27.5. The average Bonchev–Trinajstić information content (AvgIpc) is 3.42. The van der Waals surface area contributed by atoms with Crippen LogP contribution in [0.25, 0.3) is 5.57 Å². The van der Waals surface area contributed by atoms with Crippen LogP contribution in [-0.4, -0.2) is 64.6 Å². The second-order valence-electron chi connectivity index (χ2n) is 11.9. The molecule has 45 heavy (non-hydrogen) atoms. The molecule has 2 aromatic carbocycles. The maximum atomic E-state index is 12.6. The molecule has 1 amide bonds. The molecule has 3 aromatic rings. The minimum Gasteiger partial charge on any atom is -0.487 e. The molecule has 0 spiro atoms. The van der Waals surface area contributed by atoms with Crippen LogP contribution in [0.4, 0.5) is 0 Å². The van der Waals surface area contributed by atoms with E-state index in [1.54, 1.807) is 26.1 Å². The Morgan fingerprint density at radius 2 is 2.00 bits per heavy atom. The zero-order valence-electron chi connectivity index (χ0n) is 26.7. The number of likely N-dealkylation sites (tertiary alicyclic amines) is 1. The molecule has 1 saturated heterocycles. The Hall–Kier alpha value is -3.74. The highest BCUT2D eigenvalue weighted by molar-refractivity contribution is 6.30. The zero-order chi connectivity index (χ0) is 32.4. The molecule has 0 bridgehead atoms. The smallest absolute Gasteiger partial charge is 0.234 e. The van der Waals surface area contributed by atoms with Crippen molar-refractivity contribution >= 4 is 23.1 Å². The van der Waals surface area contributed by atoms with Crippen molar-refractivity contribution in [1.82, 2.24) is 20.1 Å². The summed E-state index contributed by atoms with van der Waals surface area (Å²) in [4.78, 5) is 22.0. The molecule has 0 aliphatic carbocycles. The van der Waals surface area contributed by atoms with E-state index in [2.05, 4.69) is 32.2 Å². The summed E-state index contributed by atoms with van der Waals surface area (Å²) < 4.78 is 6.16. The molecule has 5 rings (SSSR count). The van der Waals surface area contributed by atoms with E-state index in [1.165, 1.54) is 6.92 Å². The molecule has 1 unspecified atom stereocenters. The Bertz CT molecular complexity index is 1510. The number of nitrogens with zero attached hydrogens (tertiary/aromatic N) is 4. The summed E-state index contributed by atoms with van der Waals surface area (Å²) in [6, 6.07) is 19.9. The van der Waals surface area contributed by atoms with Crippen molar-refractivity contribution in [3.63, 3.8) is 0 Å². The molecule has 238 valence electrons. The Morgan fingerprint density at radius 1 is 1.24 bits per heavy atom. The monoisotopic (exact) mass is 629 g/mol. The molecule has 2 aliphatic heterocycles. The van der Waals surface area contributed by atoms with Crippen molar-refractivity contribution < 1.29 is 14.6 Å². The molecule has 9 heteroatoms. The first-order valence-electron chi connectivity index (χ1n) is 15.6. The van der Waals surface area contributed by atoms with Gasteiger partial charge in [0.15, 0.2) is 0 Å². The van der Waals surface area contributed by atoms with Gasteiger partial charge in [0.2, 0.25) is 5.91 Å². The number of nitrogens with one attached hydrogen (secondary N) is 1. The van der Waals surface area contributed by atoms with Gasteiger partial charge in [0.25, 0.3) is 0 Å². The first kappa shape index (κ1) is 34.1. The van der Waals surface area contributed by atoms with Crippen molar-refractivity contribution in [2.45, 2.75) is 65.3 Å². The van der Waals surface area contributed by atoms with Crippen LogP contribution in [0.3, 0.4) is 0 Å². The fourth-order valence-electron chi connectivity index (χ4n) is 5.84. The molecule has 1 aromatic heterocycles. The third-order valence-electron chi connectivity index (χ3n) is 8.10. The number of ether oxygens (including phenoxy) is 1. The number of nitriles is 1. The third-order valence-corrected chi connectivity index (χ3v) is 8.35. The van der Waals surface area contributed by atoms with Gasteiger partial charge < -0.3 is 20.1 Å². The topological polar surface area (TPSA) is 102 Å². The number of rotatable bonds is 10. The van der Waals surface area contributed by atoms with Crippen LogP contribution in [0.5, 0.6) is 5.75 Å². The number of hydrogen-bond donors (Lipinski definition) is 2. The van der Waals surface area contributed by atoms with E-state index in [4.69, 9.17) is 21.6 Å². The summed E-state index contributed by atoms with van der Waals surface area (Å²) in [5.74, 6) is 0.860. The summed E-state index contributed by atoms with van der Waals surface area (Å²) in [5.41, 5.74) is 5.09. The molecule has 0 radical (unpaired) electrons. The minimum absolute atomic E-state index is 0.0570. The largest absolute Gasteiger partial charge is 0.487 e. The van der Waals surface area contributed by atoms with Gasteiger partial charge in [-0.1, -0.05) is 41.9 Å². The van der Waals surface area contributed by atoms with E-state index in [1.807, 2.05) is 55.5 Å². The number of hydrogen-bond acceptors (Lipinski definition) is 7. The molecule has 3 heterocycles. The quantitative estimate of drug-likeness (QED) is 0.287. The highest BCUT2D eigenvalue weighted by Crippen LogP contribution is 2.38. The average molecular weight is 630 g/mol. The lowest BCUT2D eigenvalue weighted by atomic mass is 9.90. The summed E-state index contributed by atoms with van der Waals surface area (Å²) in [6.45, 7) is 11.9. The van der Waals surface area contributed by atoms with Crippen LogP contribution in [0.15, 0.2) is 66.9 Å². The number of amides is 1. The molecule has 0 saturated carbocycles. The van der Waals surface area contributed by atoms with Crippen molar-refractivity contribution in [3.05, 3.63) is 99.8 Å². The molecule has 1 atom stereocenters. The lowest BCUT2D eigenvalue weighted by Gasteiger charge is -2.28. The predicted molar refractivity (Wildman–Crippen MR) is 179 cm³/mol. The summed E-state index contributed by atoms with van der Waals surface area (Å²) in [6.07, 6.45) is 5.96. The number of aromatic nitrogens is 1. The number of carbonyl (C=O) groups excluding carboxylic acids is 1. The fourth-order valence-corrected chi connectivity index (χ4v) is 5.96. The van der Waals surface area contributed by atoms with E-state index in [-0.39, 0.29) is 5.91 Å². The van der Waals surface area contributed by atoms with Crippen LogP contribution >= 0.6 is 11.6 Å². The van der Waals surface area contributed by atoms with Gasteiger partial charge in [0, 0.05) is 61.5 Å². The second-order valence-corrected chi connectivity index (χ2v) is 12.4. The predicted octanol–water partition coefficient (Wildman–Crippen LogP) is 5.92. The third kappa shape index (κ3) is 9.38. The van der Waals surface area contributed by atoms with Gasteiger partial charge in [0.1, 0.15) is 12.4 Å². The number of carbonyl (C=O) groups is 1. The summed E-state index contributed by atoms with van der Waals surface area (Å²) >= 11 is 6.11. The second kappa shape index (κ2) is 16.0. The van der Waals surface area contributed by atoms with E-state index >= 15 is 0 Å². The first-order chi connectivity index (χ1) is 21.6. The van der Waals surface area contributed by atoms with Crippen molar-refractivity contribution in [2.75, 3.05) is 32.7 Å².